The van der Waals surface area contributed by atoms with Crippen LogP contribution in [0.15, 0.2) is 79.0 Å². The van der Waals surface area contributed by atoms with E-state index in [9.17, 15) is 9.90 Å². The molecule has 0 bridgehead atoms. The third kappa shape index (κ3) is 7.36. The standard InChI is InChI=1S/C30H35N3O3/c1-36-27-14-11-24(12-15-27)33-30(35)10-6-5-9-25(19-22-7-3-2-4-8-22)31-18-17-23-21-32-29-16-13-26(34)20-28(23)29/h2-4,7-8,11-16,20-21,25,31-32,34H,5-6,9-10,17-19H2,1H3,(H,33,35). The predicted octanol–water partition coefficient (Wildman–Crippen LogP) is 5.82. The normalized spacial score (nSPS) is 11.9. The molecular formula is C30H35N3O3. The molecule has 4 aromatic rings. The lowest BCUT2D eigenvalue weighted by Gasteiger charge is -2.19. The van der Waals surface area contributed by atoms with Crippen LogP contribution in [0.4, 0.5) is 5.69 Å². The Morgan fingerprint density at radius 3 is 2.61 bits per heavy atom. The molecule has 0 radical (unpaired) electrons. The molecule has 6 heteroatoms. The smallest absolute Gasteiger partial charge is 0.224 e. The highest BCUT2D eigenvalue weighted by Gasteiger charge is 2.12. The molecule has 0 aliphatic rings. The molecule has 0 saturated carbocycles. The van der Waals surface area contributed by atoms with Crippen molar-refractivity contribution in [1.82, 2.24) is 10.3 Å². The largest absolute Gasteiger partial charge is 0.508 e. The second kappa shape index (κ2) is 12.8. The summed E-state index contributed by atoms with van der Waals surface area (Å²) in [6.07, 6.45) is 7.17. The zero-order valence-corrected chi connectivity index (χ0v) is 20.8. The van der Waals surface area contributed by atoms with Crippen LogP contribution in [0.25, 0.3) is 10.9 Å². The third-order valence-corrected chi connectivity index (χ3v) is 6.48. The van der Waals surface area contributed by atoms with Crippen molar-refractivity contribution in [3.8, 4) is 11.5 Å². The molecule has 1 atom stereocenters. The van der Waals surface area contributed by atoms with Crippen LogP contribution in [-0.2, 0) is 17.6 Å². The highest BCUT2D eigenvalue weighted by Crippen LogP contribution is 2.23. The number of aromatic amines is 1. The van der Waals surface area contributed by atoms with Gasteiger partial charge >= 0.3 is 0 Å². The van der Waals surface area contributed by atoms with E-state index < -0.39 is 0 Å². The molecule has 1 amide bonds. The molecule has 3 aromatic carbocycles. The van der Waals surface area contributed by atoms with E-state index in [1.165, 1.54) is 11.1 Å². The number of phenolic OH excluding ortho intramolecular Hbond substituents is 1. The molecule has 188 valence electrons. The van der Waals surface area contributed by atoms with Gasteiger partial charge in [-0.3, -0.25) is 4.79 Å². The van der Waals surface area contributed by atoms with Gasteiger partial charge in [0, 0.05) is 35.2 Å². The van der Waals surface area contributed by atoms with Crippen molar-refractivity contribution in [3.63, 3.8) is 0 Å². The number of nitrogens with one attached hydrogen (secondary N) is 3. The third-order valence-electron chi connectivity index (χ3n) is 6.48. The topological polar surface area (TPSA) is 86.4 Å². The van der Waals surface area contributed by atoms with E-state index in [0.717, 1.165) is 61.0 Å². The van der Waals surface area contributed by atoms with E-state index in [2.05, 4.69) is 39.9 Å². The van der Waals surface area contributed by atoms with Crippen LogP contribution in [-0.4, -0.2) is 35.7 Å². The first-order valence-electron chi connectivity index (χ1n) is 12.6. The summed E-state index contributed by atoms with van der Waals surface area (Å²) in [5.74, 6) is 1.09. The molecule has 1 heterocycles. The summed E-state index contributed by atoms with van der Waals surface area (Å²) in [4.78, 5) is 15.6. The average molecular weight is 486 g/mol. The summed E-state index contributed by atoms with van der Waals surface area (Å²) >= 11 is 0. The maximum absolute atomic E-state index is 12.4. The first-order valence-corrected chi connectivity index (χ1v) is 12.6. The number of carbonyl (C=O) groups is 1. The highest BCUT2D eigenvalue weighted by atomic mass is 16.5. The Kier molecular flexibility index (Phi) is 9.00. The minimum atomic E-state index is 0.0373. The lowest BCUT2D eigenvalue weighted by atomic mass is 9.99. The van der Waals surface area contributed by atoms with Gasteiger partial charge in [0.25, 0.3) is 0 Å². The second-order valence-corrected chi connectivity index (χ2v) is 9.16. The Hall–Kier alpha value is -3.77. The number of phenols is 1. The molecule has 0 saturated heterocycles. The van der Waals surface area contributed by atoms with E-state index >= 15 is 0 Å². The fourth-order valence-corrected chi connectivity index (χ4v) is 4.53. The SMILES string of the molecule is COc1ccc(NC(=O)CCCCC(Cc2ccccc2)NCCc2c[nH]c3ccc(O)cc23)cc1. The summed E-state index contributed by atoms with van der Waals surface area (Å²) in [6, 6.07) is 23.7. The molecule has 0 aliphatic heterocycles. The van der Waals surface area contributed by atoms with E-state index in [-0.39, 0.29) is 11.7 Å². The Balaban J connectivity index is 1.26. The molecule has 6 nitrogen and oxygen atoms in total. The number of H-pyrrole nitrogens is 1. The molecule has 4 N–H and O–H groups in total. The van der Waals surface area contributed by atoms with Gasteiger partial charge in [-0.2, -0.15) is 0 Å². The predicted molar refractivity (Wildman–Crippen MR) is 146 cm³/mol. The molecule has 0 aliphatic carbocycles. The number of carbonyl (C=O) groups excluding carboxylic acids is 1. The average Bonchev–Trinajstić information content (AvgIpc) is 3.29. The minimum absolute atomic E-state index is 0.0373. The summed E-state index contributed by atoms with van der Waals surface area (Å²) in [5.41, 5.74) is 4.33. The Morgan fingerprint density at radius 2 is 1.83 bits per heavy atom. The van der Waals surface area contributed by atoms with Gasteiger partial charge in [0.2, 0.25) is 5.91 Å². The van der Waals surface area contributed by atoms with Crippen molar-refractivity contribution in [2.24, 2.45) is 0 Å². The molecule has 0 fully saturated rings. The van der Waals surface area contributed by atoms with Crippen LogP contribution in [0.3, 0.4) is 0 Å². The van der Waals surface area contributed by atoms with Crippen molar-refractivity contribution in [1.29, 1.82) is 0 Å². The number of anilines is 1. The zero-order chi connectivity index (χ0) is 25.2. The van der Waals surface area contributed by atoms with Crippen LogP contribution >= 0.6 is 0 Å². The number of unbranched alkanes of at least 4 members (excludes halogenated alkanes) is 1. The number of ether oxygens (including phenoxy) is 1. The zero-order valence-electron chi connectivity index (χ0n) is 20.8. The lowest BCUT2D eigenvalue weighted by molar-refractivity contribution is -0.116. The Bertz CT molecular complexity index is 1240. The number of aromatic hydroxyl groups is 1. The van der Waals surface area contributed by atoms with Crippen LogP contribution < -0.4 is 15.4 Å². The highest BCUT2D eigenvalue weighted by molar-refractivity contribution is 5.90. The number of aromatic nitrogens is 1. The van der Waals surface area contributed by atoms with Crippen LogP contribution in [0, 0.1) is 0 Å². The van der Waals surface area contributed by atoms with Gasteiger partial charge in [-0.25, -0.2) is 0 Å². The molecule has 1 aromatic heterocycles. The maximum Gasteiger partial charge on any atom is 0.224 e. The van der Waals surface area contributed by atoms with Gasteiger partial charge in [0.05, 0.1) is 7.11 Å². The van der Waals surface area contributed by atoms with Gasteiger partial charge in [0.1, 0.15) is 11.5 Å². The van der Waals surface area contributed by atoms with Gasteiger partial charge in [-0.15, -0.1) is 0 Å². The van der Waals surface area contributed by atoms with Gasteiger partial charge in [-0.05, 0) is 85.8 Å². The maximum atomic E-state index is 12.4. The fourth-order valence-electron chi connectivity index (χ4n) is 4.53. The fraction of sp³-hybridized carbons (Fsp3) is 0.300. The molecule has 0 spiro atoms. The second-order valence-electron chi connectivity index (χ2n) is 9.16. The van der Waals surface area contributed by atoms with E-state index in [4.69, 9.17) is 4.74 Å². The van der Waals surface area contributed by atoms with Crippen LogP contribution in [0.2, 0.25) is 0 Å². The first-order chi connectivity index (χ1) is 17.6. The van der Waals surface area contributed by atoms with Crippen molar-refractivity contribution >= 4 is 22.5 Å². The van der Waals surface area contributed by atoms with E-state index in [1.54, 1.807) is 13.2 Å². The van der Waals surface area contributed by atoms with Crippen molar-refractivity contribution in [2.45, 2.75) is 44.6 Å². The first kappa shape index (κ1) is 25.3. The molecule has 36 heavy (non-hydrogen) atoms. The number of benzene rings is 3. The summed E-state index contributed by atoms with van der Waals surface area (Å²) in [6.45, 7) is 0.845. The number of rotatable bonds is 13. The monoisotopic (exact) mass is 485 g/mol. The van der Waals surface area contributed by atoms with Crippen molar-refractivity contribution in [2.75, 3.05) is 19.0 Å². The van der Waals surface area contributed by atoms with Crippen LogP contribution in [0.5, 0.6) is 11.5 Å². The van der Waals surface area contributed by atoms with Gasteiger partial charge in [-0.1, -0.05) is 36.8 Å². The number of fused-ring (bicyclic) bond motifs is 1. The summed E-state index contributed by atoms with van der Waals surface area (Å²) in [7, 11) is 1.63. The Morgan fingerprint density at radius 1 is 1.03 bits per heavy atom. The van der Waals surface area contributed by atoms with Crippen molar-refractivity contribution in [3.05, 3.63) is 90.1 Å². The van der Waals surface area contributed by atoms with Gasteiger partial charge in [0.15, 0.2) is 0 Å². The van der Waals surface area contributed by atoms with Crippen molar-refractivity contribution < 1.29 is 14.6 Å². The van der Waals surface area contributed by atoms with Crippen LogP contribution in [0.1, 0.15) is 36.8 Å². The summed E-state index contributed by atoms with van der Waals surface area (Å²) < 4.78 is 5.16. The quantitative estimate of drug-likeness (QED) is 0.180. The number of hydrogen-bond donors (Lipinski definition) is 4. The number of hydrogen-bond acceptors (Lipinski definition) is 4. The molecule has 4 rings (SSSR count). The molecular weight excluding hydrogens is 450 g/mol. The number of methoxy groups -OCH3 is 1. The van der Waals surface area contributed by atoms with E-state index in [0.29, 0.717) is 12.5 Å². The Labute approximate surface area is 212 Å². The van der Waals surface area contributed by atoms with Gasteiger partial charge < -0.3 is 25.5 Å². The summed E-state index contributed by atoms with van der Waals surface area (Å²) in [5, 5.41) is 17.6. The number of amides is 1. The molecule has 1 unspecified atom stereocenters. The van der Waals surface area contributed by atoms with E-state index in [1.807, 2.05) is 48.7 Å². The lowest BCUT2D eigenvalue weighted by Crippen LogP contribution is -2.33. The minimum Gasteiger partial charge on any atom is -0.508 e.